The number of rotatable bonds is 8. The van der Waals surface area contributed by atoms with Crippen LogP contribution in [0.4, 0.5) is 0 Å². The Balaban J connectivity index is 1.86. The van der Waals surface area contributed by atoms with Gasteiger partial charge >= 0.3 is 0 Å². The first-order valence-corrected chi connectivity index (χ1v) is 15.6. The first-order valence-electron chi connectivity index (χ1n) is 11.4. The second-order valence-corrected chi connectivity index (χ2v) is 14.8. The summed E-state index contributed by atoms with van der Waals surface area (Å²) in [5.41, 5.74) is 0. The molecule has 0 spiro atoms. The highest BCUT2D eigenvalue weighted by Crippen LogP contribution is 2.65. The van der Waals surface area contributed by atoms with Crippen molar-refractivity contribution in [3.8, 4) is 0 Å². The molecule has 6 heteroatoms. The van der Waals surface area contributed by atoms with Crippen molar-refractivity contribution in [2.75, 3.05) is 0 Å². The number of hydrogen-bond acceptors (Lipinski definition) is 3. The maximum atomic E-state index is 15.6. The van der Waals surface area contributed by atoms with Gasteiger partial charge in [0.05, 0.1) is 0 Å². The maximum Gasteiger partial charge on any atom is 0.213 e. The van der Waals surface area contributed by atoms with E-state index in [1.165, 1.54) is 0 Å². The minimum absolute atomic E-state index is 0.291. The van der Waals surface area contributed by atoms with E-state index < -0.39 is 14.6 Å². The fraction of sp³-hybridized carbons (Fsp3) is 0.0345. The molecule has 35 heavy (non-hydrogen) atoms. The second-order valence-electron chi connectivity index (χ2n) is 8.10. The summed E-state index contributed by atoms with van der Waals surface area (Å²) in [7, 11) is -7.10. The van der Waals surface area contributed by atoms with Crippen molar-refractivity contribution in [1.82, 2.24) is 4.44 Å². The molecule has 1 aromatic heterocycles. The molecule has 0 saturated heterocycles. The molecule has 0 aliphatic carbocycles. The summed E-state index contributed by atoms with van der Waals surface area (Å²) >= 11 is 1.58. The lowest BCUT2D eigenvalue weighted by Crippen LogP contribution is -2.36. The minimum Gasteiger partial charge on any atom is -0.296 e. The molecule has 0 aliphatic rings. The van der Waals surface area contributed by atoms with Crippen LogP contribution in [0.2, 0.25) is 0 Å². The standard InChI is InChI=1S/C29H25NO2P2S/c31-33(25-14-5-1-6-15-25,26-16-7-2-8-17-26)30(24-29-22-13-23-35-29)34(32,27-18-9-3-10-19-27)28-20-11-4-12-21-28/h1-23H,24H2. The van der Waals surface area contributed by atoms with E-state index in [0.717, 1.165) is 4.88 Å². The average Bonchev–Trinajstić information content (AvgIpc) is 3.46. The van der Waals surface area contributed by atoms with Crippen LogP contribution in [0.1, 0.15) is 4.88 Å². The van der Waals surface area contributed by atoms with E-state index in [9.17, 15) is 0 Å². The molecule has 4 aromatic carbocycles. The van der Waals surface area contributed by atoms with Gasteiger partial charge < -0.3 is 0 Å². The molecule has 1 heterocycles. The SMILES string of the molecule is O=P(c1ccccc1)(c1ccccc1)N(Cc1cccs1)P(=O)(c1ccccc1)c1ccccc1. The molecule has 0 aliphatic heterocycles. The number of thiophene rings is 1. The highest BCUT2D eigenvalue weighted by molar-refractivity contribution is 7.90. The Morgan fingerprint density at radius 2 is 0.829 bits per heavy atom. The molecule has 0 unspecified atom stereocenters. The predicted molar refractivity (Wildman–Crippen MR) is 149 cm³/mol. The van der Waals surface area contributed by atoms with Crippen LogP contribution in [-0.2, 0) is 15.7 Å². The smallest absolute Gasteiger partial charge is 0.213 e. The number of hydrogen-bond donors (Lipinski definition) is 0. The van der Waals surface area contributed by atoms with Gasteiger partial charge in [-0.15, -0.1) is 11.3 Å². The molecule has 0 saturated carbocycles. The summed E-state index contributed by atoms with van der Waals surface area (Å²) in [6.07, 6.45) is 0. The molecule has 0 N–H and O–H groups in total. The van der Waals surface area contributed by atoms with Gasteiger partial charge in [-0.2, -0.15) is 4.44 Å². The summed E-state index contributed by atoms with van der Waals surface area (Å²) in [6.45, 7) is 0.291. The largest absolute Gasteiger partial charge is 0.296 e. The van der Waals surface area contributed by atoms with Gasteiger partial charge in [-0.1, -0.05) is 78.9 Å². The normalized spacial score (nSPS) is 12.0. The third-order valence-electron chi connectivity index (χ3n) is 5.95. The molecule has 5 rings (SSSR count). The fourth-order valence-corrected chi connectivity index (χ4v) is 12.5. The molecule has 0 bridgehead atoms. The highest BCUT2D eigenvalue weighted by atomic mass is 32.1. The molecule has 0 atom stereocenters. The van der Waals surface area contributed by atoms with Crippen LogP contribution in [0.25, 0.3) is 0 Å². The zero-order valence-electron chi connectivity index (χ0n) is 19.1. The molecular weight excluding hydrogens is 488 g/mol. The van der Waals surface area contributed by atoms with E-state index in [1.54, 1.807) is 15.8 Å². The van der Waals surface area contributed by atoms with E-state index >= 15 is 9.13 Å². The molecule has 0 fully saturated rings. The van der Waals surface area contributed by atoms with Crippen molar-refractivity contribution in [2.24, 2.45) is 0 Å². The summed E-state index contributed by atoms with van der Waals surface area (Å²) in [6, 6.07) is 41.9. The lowest BCUT2D eigenvalue weighted by atomic mass is 10.4. The summed E-state index contributed by atoms with van der Waals surface area (Å²) in [4.78, 5) is 1.00. The maximum absolute atomic E-state index is 15.6. The van der Waals surface area contributed by atoms with Crippen LogP contribution in [0, 0.1) is 0 Å². The molecule has 0 radical (unpaired) electrons. The van der Waals surface area contributed by atoms with Crippen LogP contribution in [-0.4, -0.2) is 4.44 Å². The van der Waals surface area contributed by atoms with Crippen molar-refractivity contribution >= 4 is 47.1 Å². The van der Waals surface area contributed by atoms with Gasteiger partial charge in [0, 0.05) is 32.6 Å². The fourth-order valence-electron chi connectivity index (χ4n) is 4.27. The summed E-state index contributed by atoms with van der Waals surface area (Å²) in [5.74, 6) is 0. The van der Waals surface area contributed by atoms with Gasteiger partial charge in [0.1, 0.15) is 0 Å². The van der Waals surface area contributed by atoms with Gasteiger partial charge in [0.15, 0.2) is 0 Å². The lowest BCUT2D eigenvalue weighted by Gasteiger charge is -2.38. The van der Waals surface area contributed by atoms with E-state index in [4.69, 9.17) is 0 Å². The van der Waals surface area contributed by atoms with Crippen molar-refractivity contribution in [3.05, 3.63) is 144 Å². The minimum atomic E-state index is -3.55. The summed E-state index contributed by atoms with van der Waals surface area (Å²) < 4.78 is 33.0. The Labute approximate surface area is 210 Å². The van der Waals surface area contributed by atoms with Gasteiger partial charge in [-0.25, -0.2) is 0 Å². The Morgan fingerprint density at radius 3 is 1.11 bits per heavy atom. The van der Waals surface area contributed by atoms with Gasteiger partial charge in [-0.05, 0) is 60.0 Å². The van der Waals surface area contributed by atoms with Crippen molar-refractivity contribution in [2.45, 2.75) is 6.54 Å². The summed E-state index contributed by atoms with van der Waals surface area (Å²) in [5, 5.41) is 4.65. The van der Waals surface area contributed by atoms with Gasteiger partial charge in [0.2, 0.25) is 14.6 Å². The van der Waals surface area contributed by atoms with Crippen LogP contribution in [0.15, 0.2) is 139 Å². The van der Waals surface area contributed by atoms with E-state index in [1.807, 2.05) is 139 Å². The van der Waals surface area contributed by atoms with E-state index in [0.29, 0.717) is 27.8 Å². The van der Waals surface area contributed by atoms with E-state index in [2.05, 4.69) is 0 Å². The lowest BCUT2D eigenvalue weighted by molar-refractivity contribution is 0.514. The second kappa shape index (κ2) is 10.3. The third-order valence-corrected chi connectivity index (χ3v) is 13.9. The molecule has 5 aromatic rings. The molecule has 174 valence electrons. The van der Waals surface area contributed by atoms with Crippen LogP contribution < -0.4 is 21.2 Å². The highest BCUT2D eigenvalue weighted by Gasteiger charge is 2.47. The monoisotopic (exact) mass is 513 g/mol. The first kappa shape index (κ1) is 23.7. The van der Waals surface area contributed by atoms with Crippen molar-refractivity contribution < 1.29 is 9.13 Å². The van der Waals surface area contributed by atoms with Gasteiger partial charge in [-0.3, -0.25) is 9.13 Å². The molecular formula is C29H25NO2P2S. The van der Waals surface area contributed by atoms with Crippen LogP contribution in [0.5, 0.6) is 0 Å². The zero-order chi connectivity index (χ0) is 24.1. The van der Waals surface area contributed by atoms with Crippen molar-refractivity contribution in [1.29, 1.82) is 0 Å². The third kappa shape index (κ3) is 4.51. The topological polar surface area (TPSA) is 37.4 Å². The Bertz CT molecular complexity index is 1270. The Hall–Kier alpha value is -3.00. The van der Waals surface area contributed by atoms with Crippen molar-refractivity contribution in [3.63, 3.8) is 0 Å². The Kier molecular flexibility index (Phi) is 7.00. The van der Waals surface area contributed by atoms with Gasteiger partial charge in [0.25, 0.3) is 0 Å². The molecule has 0 amide bonds. The van der Waals surface area contributed by atoms with Crippen LogP contribution in [0.3, 0.4) is 0 Å². The number of nitrogens with zero attached hydrogens (tertiary/aromatic N) is 1. The Morgan fingerprint density at radius 1 is 0.486 bits per heavy atom. The predicted octanol–water partition coefficient (Wildman–Crippen LogP) is 6.41. The average molecular weight is 514 g/mol. The zero-order valence-corrected chi connectivity index (χ0v) is 21.7. The molecule has 3 nitrogen and oxygen atoms in total. The number of benzene rings is 4. The quantitative estimate of drug-likeness (QED) is 0.225. The van der Waals surface area contributed by atoms with E-state index in [-0.39, 0.29) is 0 Å². The van der Waals surface area contributed by atoms with Crippen LogP contribution >= 0.6 is 25.9 Å². The first-order chi connectivity index (χ1) is 17.1.